The van der Waals surface area contributed by atoms with Gasteiger partial charge in [-0.1, -0.05) is 0 Å². The first-order chi connectivity index (χ1) is 8.63. The van der Waals surface area contributed by atoms with Crippen molar-refractivity contribution in [3.63, 3.8) is 0 Å². The van der Waals surface area contributed by atoms with Crippen LogP contribution in [0.2, 0.25) is 0 Å². The molecule has 1 aliphatic heterocycles. The first kappa shape index (κ1) is 13.1. The zero-order valence-electron chi connectivity index (χ0n) is 10.3. The molecule has 2 N–H and O–H groups in total. The number of amides is 1. The topological polar surface area (TPSA) is 63.4 Å². The monoisotopic (exact) mass is 264 g/mol. The van der Waals surface area contributed by atoms with Gasteiger partial charge in [-0.25, -0.2) is 0 Å². The number of ketones is 1. The van der Waals surface area contributed by atoms with E-state index in [1.807, 2.05) is 12.1 Å². The van der Waals surface area contributed by atoms with Crippen molar-refractivity contribution >= 4 is 29.1 Å². The number of hydrogen-bond donors (Lipinski definition) is 1. The van der Waals surface area contributed by atoms with Crippen LogP contribution in [-0.4, -0.2) is 35.8 Å². The number of Topliss-reactive ketones (excluding diaryl/α,β-unsaturated/α-hetero) is 1. The summed E-state index contributed by atoms with van der Waals surface area (Å²) in [6, 6.07) is 7.17. The fraction of sp³-hybridized carbons (Fsp3) is 0.385. The lowest BCUT2D eigenvalue weighted by Crippen LogP contribution is -2.50. The minimum Gasteiger partial charge on any atom is -0.328 e. The summed E-state index contributed by atoms with van der Waals surface area (Å²) < 4.78 is 0. The fourth-order valence-electron chi connectivity index (χ4n) is 2.01. The Kier molecular flexibility index (Phi) is 4.04. The Morgan fingerprint density at radius 1 is 1.44 bits per heavy atom. The third-order valence-electron chi connectivity index (χ3n) is 2.99. The second-order valence-electron chi connectivity index (χ2n) is 4.27. The fourth-order valence-corrected chi connectivity index (χ4v) is 3.00. The molecule has 96 valence electrons. The SMILES string of the molecule is CC(=O)c1ccc(N2C(=O)CSCC2CN)cc1. The summed E-state index contributed by atoms with van der Waals surface area (Å²) in [6.07, 6.45) is 0. The van der Waals surface area contributed by atoms with Crippen LogP contribution in [0.25, 0.3) is 0 Å². The lowest BCUT2D eigenvalue weighted by atomic mass is 10.1. The molecule has 1 aromatic rings. The van der Waals surface area contributed by atoms with Gasteiger partial charge in [0.25, 0.3) is 0 Å². The van der Waals surface area contributed by atoms with Crippen LogP contribution < -0.4 is 10.6 Å². The molecule has 1 unspecified atom stereocenters. The summed E-state index contributed by atoms with van der Waals surface area (Å²) >= 11 is 1.62. The summed E-state index contributed by atoms with van der Waals surface area (Å²) in [6.45, 7) is 1.98. The van der Waals surface area contributed by atoms with Crippen LogP contribution in [0, 0.1) is 0 Å². The van der Waals surface area contributed by atoms with Gasteiger partial charge in [0.2, 0.25) is 5.91 Å². The summed E-state index contributed by atoms with van der Waals surface area (Å²) in [5, 5.41) is 0. The first-order valence-electron chi connectivity index (χ1n) is 5.84. The minimum atomic E-state index is 0.0254. The number of carbonyl (C=O) groups excluding carboxylic acids is 2. The third kappa shape index (κ3) is 2.57. The number of thioether (sulfide) groups is 1. The van der Waals surface area contributed by atoms with Gasteiger partial charge in [0.15, 0.2) is 5.78 Å². The maximum atomic E-state index is 12.0. The van der Waals surface area contributed by atoms with Crippen LogP contribution in [0.4, 0.5) is 5.69 Å². The van der Waals surface area contributed by atoms with Gasteiger partial charge in [-0.2, -0.15) is 0 Å². The van der Waals surface area contributed by atoms with Gasteiger partial charge in [-0.05, 0) is 31.2 Å². The van der Waals surface area contributed by atoms with E-state index in [2.05, 4.69) is 0 Å². The van der Waals surface area contributed by atoms with Crippen molar-refractivity contribution in [2.24, 2.45) is 5.73 Å². The number of benzene rings is 1. The molecular formula is C13H16N2O2S. The third-order valence-corrected chi connectivity index (χ3v) is 4.07. The number of nitrogens with two attached hydrogens (primary N) is 1. The van der Waals surface area contributed by atoms with Crippen LogP contribution in [0.5, 0.6) is 0 Å². The van der Waals surface area contributed by atoms with Crippen LogP contribution in [0.15, 0.2) is 24.3 Å². The molecule has 4 nitrogen and oxygen atoms in total. The van der Waals surface area contributed by atoms with E-state index in [0.29, 0.717) is 17.9 Å². The highest BCUT2D eigenvalue weighted by Crippen LogP contribution is 2.25. The average Bonchev–Trinajstić information content (AvgIpc) is 2.38. The lowest BCUT2D eigenvalue weighted by Gasteiger charge is -2.34. The molecule has 0 aliphatic carbocycles. The summed E-state index contributed by atoms with van der Waals surface area (Å²) in [4.78, 5) is 24.9. The molecule has 0 bridgehead atoms. The van der Waals surface area contributed by atoms with Crippen molar-refractivity contribution in [1.82, 2.24) is 0 Å². The van der Waals surface area contributed by atoms with Gasteiger partial charge in [-0.3, -0.25) is 9.59 Å². The molecule has 1 amide bonds. The van der Waals surface area contributed by atoms with Gasteiger partial charge in [0.1, 0.15) is 0 Å². The number of nitrogens with zero attached hydrogens (tertiary/aromatic N) is 1. The molecular weight excluding hydrogens is 248 g/mol. The van der Waals surface area contributed by atoms with Crippen molar-refractivity contribution in [3.05, 3.63) is 29.8 Å². The Morgan fingerprint density at radius 3 is 2.67 bits per heavy atom. The van der Waals surface area contributed by atoms with Gasteiger partial charge >= 0.3 is 0 Å². The average molecular weight is 264 g/mol. The molecule has 0 radical (unpaired) electrons. The molecule has 1 atom stereocenters. The number of hydrogen-bond acceptors (Lipinski definition) is 4. The van der Waals surface area contributed by atoms with Crippen molar-refractivity contribution in [2.45, 2.75) is 13.0 Å². The second-order valence-corrected chi connectivity index (χ2v) is 5.30. The molecule has 0 aromatic heterocycles. The zero-order chi connectivity index (χ0) is 13.1. The number of anilines is 1. The first-order valence-corrected chi connectivity index (χ1v) is 7.00. The van der Waals surface area contributed by atoms with E-state index >= 15 is 0 Å². The number of rotatable bonds is 3. The summed E-state index contributed by atoms with van der Waals surface area (Å²) in [5.74, 6) is 1.46. The highest BCUT2D eigenvalue weighted by Gasteiger charge is 2.28. The summed E-state index contributed by atoms with van der Waals surface area (Å²) in [7, 11) is 0. The van der Waals surface area contributed by atoms with E-state index in [1.54, 1.807) is 28.8 Å². The van der Waals surface area contributed by atoms with E-state index in [0.717, 1.165) is 11.4 Å². The van der Waals surface area contributed by atoms with Crippen LogP contribution in [-0.2, 0) is 4.79 Å². The normalized spacial score (nSPS) is 20.0. The molecule has 2 rings (SSSR count). The Morgan fingerprint density at radius 2 is 2.11 bits per heavy atom. The van der Waals surface area contributed by atoms with E-state index in [4.69, 9.17) is 5.73 Å². The Hall–Kier alpha value is -1.33. The summed E-state index contributed by atoms with van der Waals surface area (Å²) in [5.41, 5.74) is 7.18. The minimum absolute atomic E-state index is 0.0254. The van der Waals surface area contributed by atoms with Gasteiger partial charge in [0, 0.05) is 23.5 Å². The van der Waals surface area contributed by atoms with E-state index in [9.17, 15) is 9.59 Å². The molecule has 1 aliphatic rings. The Bertz CT molecular complexity index is 459. The van der Waals surface area contributed by atoms with Crippen molar-refractivity contribution in [2.75, 3.05) is 23.0 Å². The lowest BCUT2D eigenvalue weighted by molar-refractivity contribution is -0.116. The molecule has 5 heteroatoms. The molecule has 1 saturated heterocycles. The molecule has 1 heterocycles. The van der Waals surface area contributed by atoms with Gasteiger partial charge in [0.05, 0.1) is 11.8 Å². The van der Waals surface area contributed by atoms with Crippen molar-refractivity contribution < 1.29 is 9.59 Å². The van der Waals surface area contributed by atoms with Crippen molar-refractivity contribution in [3.8, 4) is 0 Å². The standard InChI is InChI=1S/C13H16N2O2S/c1-9(16)10-2-4-11(5-3-10)15-12(6-14)7-18-8-13(15)17/h2-5,12H,6-8,14H2,1H3. The van der Waals surface area contributed by atoms with Crippen molar-refractivity contribution in [1.29, 1.82) is 0 Å². The van der Waals surface area contributed by atoms with E-state index in [1.165, 1.54) is 6.92 Å². The predicted molar refractivity (Wildman–Crippen MR) is 74.1 cm³/mol. The highest BCUT2D eigenvalue weighted by atomic mass is 32.2. The Labute approximate surface area is 111 Å². The van der Waals surface area contributed by atoms with E-state index < -0.39 is 0 Å². The zero-order valence-corrected chi connectivity index (χ0v) is 11.1. The molecule has 1 fully saturated rings. The maximum Gasteiger partial charge on any atom is 0.237 e. The molecule has 18 heavy (non-hydrogen) atoms. The molecule has 0 spiro atoms. The second kappa shape index (κ2) is 5.54. The quantitative estimate of drug-likeness (QED) is 0.836. The van der Waals surface area contributed by atoms with Gasteiger partial charge < -0.3 is 10.6 Å². The largest absolute Gasteiger partial charge is 0.328 e. The highest BCUT2D eigenvalue weighted by molar-refractivity contribution is 8.00. The van der Waals surface area contributed by atoms with Gasteiger partial charge in [-0.15, -0.1) is 11.8 Å². The number of carbonyl (C=O) groups is 2. The molecule has 0 saturated carbocycles. The smallest absolute Gasteiger partial charge is 0.237 e. The maximum absolute atomic E-state index is 12.0. The Balaban J connectivity index is 2.27. The van der Waals surface area contributed by atoms with Crippen LogP contribution in [0.3, 0.4) is 0 Å². The van der Waals surface area contributed by atoms with Crippen LogP contribution >= 0.6 is 11.8 Å². The van der Waals surface area contributed by atoms with E-state index in [-0.39, 0.29) is 17.7 Å². The van der Waals surface area contributed by atoms with Crippen LogP contribution in [0.1, 0.15) is 17.3 Å². The predicted octanol–water partition coefficient (Wildman–Crippen LogP) is 1.30. The molecule has 1 aromatic carbocycles.